The van der Waals surface area contributed by atoms with Gasteiger partial charge in [0.2, 0.25) is 5.88 Å². The largest absolute Gasteiger partial charge is 0.492 e. The highest BCUT2D eigenvalue weighted by atomic mass is 35.5. The van der Waals surface area contributed by atoms with Crippen LogP contribution in [0.4, 0.5) is 5.69 Å². The fraction of sp³-hybridized carbons (Fsp3) is 0.400. The summed E-state index contributed by atoms with van der Waals surface area (Å²) in [6, 6.07) is 5.53. The van der Waals surface area contributed by atoms with Gasteiger partial charge in [0.05, 0.1) is 30.7 Å². The highest BCUT2D eigenvalue weighted by Gasteiger charge is 2.14. The molecule has 0 bridgehead atoms. The molecule has 0 fully saturated rings. The molecule has 1 aromatic carbocycles. The van der Waals surface area contributed by atoms with Gasteiger partial charge >= 0.3 is 0 Å². The number of nitrogens with zero attached hydrogens (tertiary/aromatic N) is 2. The van der Waals surface area contributed by atoms with Crippen LogP contribution in [0.2, 0.25) is 5.02 Å². The van der Waals surface area contributed by atoms with Gasteiger partial charge in [0.25, 0.3) is 0 Å². The lowest BCUT2D eigenvalue weighted by molar-refractivity contribution is 0.341. The first-order chi connectivity index (χ1) is 10.1. The summed E-state index contributed by atoms with van der Waals surface area (Å²) in [7, 11) is 3.51. The molecule has 0 aliphatic rings. The van der Waals surface area contributed by atoms with E-state index in [0.29, 0.717) is 18.2 Å². The van der Waals surface area contributed by atoms with Crippen molar-refractivity contribution in [2.24, 2.45) is 7.05 Å². The number of benzene rings is 1. The number of halogens is 1. The van der Waals surface area contributed by atoms with Crippen LogP contribution in [0.25, 0.3) is 0 Å². The van der Waals surface area contributed by atoms with Crippen LogP contribution < -0.4 is 14.8 Å². The third-order valence-corrected chi connectivity index (χ3v) is 3.41. The van der Waals surface area contributed by atoms with Crippen LogP contribution in [0, 0.1) is 6.92 Å². The molecule has 0 atom stereocenters. The number of aromatic nitrogens is 2. The zero-order valence-corrected chi connectivity index (χ0v) is 13.5. The zero-order valence-electron chi connectivity index (χ0n) is 12.7. The number of ether oxygens (including phenoxy) is 2. The van der Waals surface area contributed by atoms with Crippen LogP contribution in [-0.4, -0.2) is 23.5 Å². The molecule has 0 radical (unpaired) electrons. The van der Waals surface area contributed by atoms with E-state index in [1.165, 1.54) is 0 Å². The van der Waals surface area contributed by atoms with Crippen molar-refractivity contribution in [3.63, 3.8) is 0 Å². The standard InChI is InChI=1S/C15H20ClN3O2/c1-5-21-14-7-6-11(16)8-13(14)17-9-12-10(2)18-19(3)15(12)20-4/h6-8,17H,5,9H2,1-4H3. The minimum absolute atomic E-state index is 0.587. The van der Waals surface area contributed by atoms with E-state index in [1.807, 2.05) is 39.1 Å². The van der Waals surface area contributed by atoms with E-state index in [1.54, 1.807) is 11.8 Å². The fourth-order valence-electron chi connectivity index (χ4n) is 2.25. The normalized spacial score (nSPS) is 10.5. The molecule has 0 unspecified atom stereocenters. The van der Waals surface area contributed by atoms with Crippen molar-refractivity contribution >= 4 is 17.3 Å². The quantitative estimate of drug-likeness (QED) is 0.888. The topological polar surface area (TPSA) is 48.3 Å². The lowest BCUT2D eigenvalue weighted by Gasteiger charge is -2.13. The van der Waals surface area contributed by atoms with Gasteiger partial charge in [-0.2, -0.15) is 5.10 Å². The number of aryl methyl sites for hydroxylation is 2. The lowest BCUT2D eigenvalue weighted by atomic mass is 10.2. The van der Waals surface area contributed by atoms with Gasteiger partial charge in [0.1, 0.15) is 5.75 Å². The molecule has 0 saturated heterocycles. The average molecular weight is 310 g/mol. The van der Waals surface area contributed by atoms with Gasteiger partial charge in [-0.3, -0.25) is 0 Å². The Balaban J connectivity index is 2.22. The third kappa shape index (κ3) is 3.42. The first kappa shape index (κ1) is 15.5. The maximum atomic E-state index is 6.06. The van der Waals surface area contributed by atoms with Gasteiger partial charge in [-0.25, -0.2) is 4.68 Å². The van der Waals surface area contributed by atoms with Crippen molar-refractivity contribution in [2.75, 3.05) is 19.0 Å². The minimum Gasteiger partial charge on any atom is -0.492 e. The Kier molecular flexibility index (Phi) is 4.96. The van der Waals surface area contributed by atoms with Crippen molar-refractivity contribution in [1.82, 2.24) is 9.78 Å². The molecule has 6 heteroatoms. The van der Waals surface area contributed by atoms with Crippen molar-refractivity contribution in [2.45, 2.75) is 20.4 Å². The van der Waals surface area contributed by atoms with Crippen LogP contribution in [0.5, 0.6) is 11.6 Å². The molecule has 5 nitrogen and oxygen atoms in total. The van der Waals surface area contributed by atoms with E-state index in [4.69, 9.17) is 21.1 Å². The molecule has 114 valence electrons. The summed E-state index contributed by atoms with van der Waals surface area (Å²) in [4.78, 5) is 0. The van der Waals surface area contributed by atoms with Crippen LogP contribution in [0.1, 0.15) is 18.2 Å². The Hall–Kier alpha value is -1.88. The summed E-state index contributed by atoms with van der Waals surface area (Å²) in [5.74, 6) is 1.53. The minimum atomic E-state index is 0.587. The van der Waals surface area contributed by atoms with Gasteiger partial charge in [-0.1, -0.05) is 11.6 Å². The molecule has 0 aliphatic carbocycles. The molecule has 1 aromatic heterocycles. The number of nitrogens with one attached hydrogen (secondary N) is 1. The molecule has 0 saturated carbocycles. The molecule has 2 aromatic rings. The Morgan fingerprint density at radius 1 is 1.38 bits per heavy atom. The SMILES string of the molecule is CCOc1ccc(Cl)cc1NCc1c(C)nn(C)c1OC. The van der Waals surface area contributed by atoms with Crippen molar-refractivity contribution in [3.8, 4) is 11.6 Å². The molecule has 0 amide bonds. The van der Waals surface area contributed by atoms with E-state index in [0.717, 1.165) is 28.6 Å². The highest BCUT2D eigenvalue weighted by Crippen LogP contribution is 2.30. The molecule has 1 N–H and O–H groups in total. The molecule has 21 heavy (non-hydrogen) atoms. The first-order valence-electron chi connectivity index (χ1n) is 6.79. The van der Waals surface area contributed by atoms with Gasteiger partial charge in [-0.15, -0.1) is 0 Å². The van der Waals surface area contributed by atoms with Crippen LogP contribution in [-0.2, 0) is 13.6 Å². The van der Waals surface area contributed by atoms with Gasteiger partial charge in [0, 0.05) is 18.6 Å². The maximum absolute atomic E-state index is 6.06. The number of hydrogen-bond donors (Lipinski definition) is 1. The predicted octanol–water partition coefficient (Wildman–Crippen LogP) is 3.40. The lowest BCUT2D eigenvalue weighted by Crippen LogP contribution is -2.05. The first-order valence-corrected chi connectivity index (χ1v) is 7.17. The number of methoxy groups -OCH3 is 1. The summed E-state index contributed by atoms with van der Waals surface area (Å²) in [6.07, 6.45) is 0. The number of anilines is 1. The Morgan fingerprint density at radius 3 is 2.81 bits per heavy atom. The van der Waals surface area contributed by atoms with E-state index >= 15 is 0 Å². The van der Waals surface area contributed by atoms with E-state index in [-0.39, 0.29) is 0 Å². The second-order valence-corrected chi connectivity index (χ2v) is 5.06. The highest BCUT2D eigenvalue weighted by molar-refractivity contribution is 6.30. The number of rotatable bonds is 6. The summed E-state index contributed by atoms with van der Waals surface area (Å²) < 4.78 is 12.7. The second kappa shape index (κ2) is 6.72. The van der Waals surface area contributed by atoms with Crippen molar-refractivity contribution in [3.05, 3.63) is 34.5 Å². The maximum Gasteiger partial charge on any atom is 0.216 e. The van der Waals surface area contributed by atoms with E-state index in [2.05, 4.69) is 10.4 Å². The number of hydrogen-bond acceptors (Lipinski definition) is 4. The Labute approximate surface area is 129 Å². The van der Waals surface area contributed by atoms with Crippen LogP contribution >= 0.6 is 11.6 Å². The average Bonchev–Trinajstić information content (AvgIpc) is 2.72. The van der Waals surface area contributed by atoms with Gasteiger partial charge in [0.15, 0.2) is 0 Å². The van der Waals surface area contributed by atoms with Crippen molar-refractivity contribution < 1.29 is 9.47 Å². The molecular formula is C15H20ClN3O2. The van der Waals surface area contributed by atoms with E-state index < -0.39 is 0 Å². The Morgan fingerprint density at radius 2 is 2.14 bits per heavy atom. The summed E-state index contributed by atoms with van der Waals surface area (Å²) in [6.45, 7) is 5.10. The molecular weight excluding hydrogens is 290 g/mol. The summed E-state index contributed by atoms with van der Waals surface area (Å²) in [5, 5.41) is 8.37. The second-order valence-electron chi connectivity index (χ2n) is 4.62. The van der Waals surface area contributed by atoms with Crippen molar-refractivity contribution in [1.29, 1.82) is 0 Å². The smallest absolute Gasteiger partial charge is 0.216 e. The predicted molar refractivity (Wildman–Crippen MR) is 84.4 cm³/mol. The Bertz CT molecular complexity index is 626. The molecule has 0 aliphatic heterocycles. The van der Waals surface area contributed by atoms with Crippen LogP contribution in [0.3, 0.4) is 0 Å². The third-order valence-electron chi connectivity index (χ3n) is 3.18. The molecule has 0 spiro atoms. The monoisotopic (exact) mass is 309 g/mol. The van der Waals surface area contributed by atoms with Gasteiger partial charge < -0.3 is 14.8 Å². The molecule has 1 heterocycles. The van der Waals surface area contributed by atoms with E-state index in [9.17, 15) is 0 Å². The molecule has 2 rings (SSSR count). The summed E-state index contributed by atoms with van der Waals surface area (Å²) in [5.41, 5.74) is 2.80. The van der Waals surface area contributed by atoms with Crippen LogP contribution in [0.15, 0.2) is 18.2 Å². The zero-order chi connectivity index (χ0) is 15.4. The summed E-state index contributed by atoms with van der Waals surface area (Å²) >= 11 is 6.06. The fourth-order valence-corrected chi connectivity index (χ4v) is 2.42. The van der Waals surface area contributed by atoms with Gasteiger partial charge in [-0.05, 0) is 32.0 Å².